The van der Waals surface area contributed by atoms with Gasteiger partial charge < -0.3 is 19.9 Å². The van der Waals surface area contributed by atoms with Gasteiger partial charge in [0.1, 0.15) is 5.60 Å². The highest BCUT2D eigenvalue weighted by molar-refractivity contribution is 5.81. The smallest absolute Gasteiger partial charge is 0.410 e. The average Bonchev–Trinajstić information content (AvgIpc) is 2.64. The average molecular weight is 381 g/mol. The van der Waals surface area contributed by atoms with Gasteiger partial charge in [-0.3, -0.25) is 9.59 Å². The van der Waals surface area contributed by atoms with E-state index in [9.17, 15) is 14.4 Å². The normalized spacial score (nSPS) is 21.7. The lowest BCUT2D eigenvalue weighted by atomic mass is 9.91. The molecule has 0 aromatic rings. The van der Waals surface area contributed by atoms with Crippen molar-refractivity contribution in [2.75, 3.05) is 26.2 Å². The Bertz CT molecular complexity index is 536. The Morgan fingerprint density at radius 2 is 1.74 bits per heavy atom. The number of hydrogen-bond donors (Lipinski definition) is 1. The molecule has 2 saturated heterocycles. The molecule has 0 saturated carbocycles. The van der Waals surface area contributed by atoms with E-state index in [1.54, 1.807) is 4.90 Å². The number of piperidine rings is 2. The third-order valence-corrected chi connectivity index (χ3v) is 5.35. The Hall–Kier alpha value is -1.79. The SMILES string of the molecule is [CH2]NC(=O)[C@@H]1CCCN(C(=O)CCC2CCN(C(=O)OC(C)(C)C)CC2)C1. The summed E-state index contributed by atoms with van der Waals surface area (Å²) in [4.78, 5) is 40.0. The first kappa shape index (κ1) is 21.5. The van der Waals surface area contributed by atoms with Crippen LogP contribution in [0, 0.1) is 18.9 Å². The second-order valence-corrected chi connectivity index (χ2v) is 8.67. The van der Waals surface area contributed by atoms with Gasteiger partial charge in [-0.15, -0.1) is 0 Å². The number of nitrogens with zero attached hydrogens (tertiary/aromatic N) is 2. The molecule has 0 unspecified atom stereocenters. The van der Waals surface area contributed by atoms with Crippen LogP contribution in [-0.4, -0.2) is 59.5 Å². The summed E-state index contributed by atoms with van der Waals surface area (Å²) in [5.74, 6) is 0.363. The number of likely N-dealkylation sites (tertiary alicyclic amines) is 2. The van der Waals surface area contributed by atoms with E-state index in [0.29, 0.717) is 32.0 Å². The zero-order valence-electron chi connectivity index (χ0n) is 17.0. The first-order valence-electron chi connectivity index (χ1n) is 10.0. The molecular weight excluding hydrogens is 346 g/mol. The topological polar surface area (TPSA) is 79.0 Å². The van der Waals surface area contributed by atoms with Crippen molar-refractivity contribution in [1.29, 1.82) is 0 Å². The Balaban J connectivity index is 1.71. The molecule has 1 atom stereocenters. The molecule has 2 rings (SSSR count). The standard InChI is InChI=1S/C20H34N3O4/c1-20(2,3)27-19(26)22-12-9-15(10-13-22)7-8-17(24)23-11-5-6-16(14-23)18(25)21-4/h15-16H,4-14H2,1-3H3,(H,21,25)/t16-/m1/s1. The van der Waals surface area contributed by atoms with Crippen LogP contribution >= 0.6 is 0 Å². The van der Waals surface area contributed by atoms with Gasteiger partial charge in [-0.1, -0.05) is 0 Å². The maximum absolute atomic E-state index is 12.5. The fourth-order valence-electron chi connectivity index (χ4n) is 3.78. The van der Waals surface area contributed by atoms with Crippen LogP contribution in [0.4, 0.5) is 4.79 Å². The van der Waals surface area contributed by atoms with E-state index < -0.39 is 5.60 Å². The number of amides is 3. The predicted molar refractivity (Wildman–Crippen MR) is 103 cm³/mol. The summed E-state index contributed by atoms with van der Waals surface area (Å²) in [6.07, 6.45) is 4.57. The quantitative estimate of drug-likeness (QED) is 0.813. The Morgan fingerprint density at radius 3 is 2.33 bits per heavy atom. The summed E-state index contributed by atoms with van der Waals surface area (Å²) in [5, 5.41) is 2.44. The number of carbonyl (C=O) groups is 3. The molecule has 3 amide bonds. The second-order valence-electron chi connectivity index (χ2n) is 8.67. The van der Waals surface area contributed by atoms with E-state index in [1.165, 1.54) is 0 Å². The van der Waals surface area contributed by atoms with Gasteiger partial charge in [0.25, 0.3) is 0 Å². The molecule has 2 aliphatic rings. The van der Waals surface area contributed by atoms with Crippen LogP contribution < -0.4 is 5.32 Å². The molecule has 0 aliphatic carbocycles. The highest BCUT2D eigenvalue weighted by Crippen LogP contribution is 2.25. The lowest BCUT2D eigenvalue weighted by Crippen LogP contribution is -2.44. The summed E-state index contributed by atoms with van der Waals surface area (Å²) in [6, 6.07) is 0. The molecule has 2 aliphatic heterocycles. The number of hydrogen-bond acceptors (Lipinski definition) is 4. The van der Waals surface area contributed by atoms with Crippen LogP contribution in [0.15, 0.2) is 0 Å². The first-order valence-corrected chi connectivity index (χ1v) is 10.0. The summed E-state index contributed by atoms with van der Waals surface area (Å²) in [6.45, 7) is 8.21. The van der Waals surface area contributed by atoms with Gasteiger partial charge in [-0.25, -0.2) is 4.79 Å². The Labute approximate surface area is 162 Å². The first-order chi connectivity index (χ1) is 12.7. The van der Waals surface area contributed by atoms with E-state index in [-0.39, 0.29) is 23.8 Å². The van der Waals surface area contributed by atoms with Crippen LogP contribution in [0.1, 0.15) is 59.3 Å². The summed E-state index contributed by atoms with van der Waals surface area (Å²) >= 11 is 0. The highest BCUT2D eigenvalue weighted by atomic mass is 16.6. The minimum absolute atomic E-state index is 0.0815. The predicted octanol–water partition coefficient (Wildman–Crippen LogP) is 2.56. The Kier molecular flexibility index (Phi) is 7.50. The van der Waals surface area contributed by atoms with Crippen molar-refractivity contribution < 1.29 is 19.1 Å². The van der Waals surface area contributed by atoms with Gasteiger partial charge in [-0.2, -0.15) is 0 Å². The molecule has 0 aromatic heterocycles. The molecule has 0 spiro atoms. The monoisotopic (exact) mass is 380 g/mol. The molecule has 7 nitrogen and oxygen atoms in total. The highest BCUT2D eigenvalue weighted by Gasteiger charge is 2.30. The molecule has 2 fully saturated rings. The largest absolute Gasteiger partial charge is 0.444 e. The maximum atomic E-state index is 12.5. The van der Waals surface area contributed by atoms with Crippen molar-refractivity contribution in [3.63, 3.8) is 0 Å². The van der Waals surface area contributed by atoms with Crippen molar-refractivity contribution >= 4 is 17.9 Å². The van der Waals surface area contributed by atoms with E-state index in [1.807, 2.05) is 25.7 Å². The van der Waals surface area contributed by atoms with Gasteiger partial charge in [-0.05, 0) is 58.8 Å². The van der Waals surface area contributed by atoms with Crippen molar-refractivity contribution in [2.45, 2.75) is 64.9 Å². The van der Waals surface area contributed by atoms with Crippen LogP contribution in [0.2, 0.25) is 0 Å². The van der Waals surface area contributed by atoms with Crippen LogP contribution in [-0.2, 0) is 14.3 Å². The van der Waals surface area contributed by atoms with Gasteiger partial charge in [0.15, 0.2) is 0 Å². The van der Waals surface area contributed by atoms with E-state index >= 15 is 0 Å². The van der Waals surface area contributed by atoms with Gasteiger partial charge >= 0.3 is 6.09 Å². The zero-order chi connectivity index (χ0) is 20.0. The number of carbonyl (C=O) groups excluding carboxylic acids is 3. The molecule has 27 heavy (non-hydrogen) atoms. The van der Waals surface area contributed by atoms with Crippen LogP contribution in [0.3, 0.4) is 0 Å². The van der Waals surface area contributed by atoms with Crippen molar-refractivity contribution in [3.8, 4) is 0 Å². The van der Waals surface area contributed by atoms with E-state index in [2.05, 4.69) is 12.4 Å². The van der Waals surface area contributed by atoms with Crippen molar-refractivity contribution in [1.82, 2.24) is 15.1 Å². The molecule has 0 bridgehead atoms. The van der Waals surface area contributed by atoms with Crippen LogP contribution in [0.25, 0.3) is 0 Å². The third-order valence-electron chi connectivity index (χ3n) is 5.35. The summed E-state index contributed by atoms with van der Waals surface area (Å²) < 4.78 is 5.42. The van der Waals surface area contributed by atoms with E-state index in [4.69, 9.17) is 4.74 Å². The van der Waals surface area contributed by atoms with Gasteiger partial charge in [0, 0.05) is 39.6 Å². The minimum Gasteiger partial charge on any atom is -0.444 e. The fraction of sp³-hybridized carbons (Fsp3) is 0.800. The zero-order valence-corrected chi connectivity index (χ0v) is 17.0. The molecular formula is C20H34N3O4. The van der Waals surface area contributed by atoms with Crippen LogP contribution in [0.5, 0.6) is 0 Å². The molecule has 7 heteroatoms. The molecule has 2 heterocycles. The minimum atomic E-state index is -0.475. The summed E-state index contributed by atoms with van der Waals surface area (Å²) in [7, 11) is 3.43. The van der Waals surface area contributed by atoms with Crippen molar-refractivity contribution in [2.24, 2.45) is 11.8 Å². The Morgan fingerprint density at radius 1 is 1.07 bits per heavy atom. The summed E-state index contributed by atoms with van der Waals surface area (Å²) in [5.41, 5.74) is -0.475. The van der Waals surface area contributed by atoms with Gasteiger partial charge in [0.05, 0.1) is 5.92 Å². The molecule has 1 N–H and O–H groups in total. The molecule has 153 valence electrons. The lowest BCUT2D eigenvalue weighted by Gasteiger charge is -2.34. The molecule has 1 radical (unpaired) electrons. The van der Waals surface area contributed by atoms with E-state index in [0.717, 1.165) is 38.6 Å². The van der Waals surface area contributed by atoms with Gasteiger partial charge in [0.2, 0.25) is 11.8 Å². The molecule has 0 aromatic carbocycles. The fourth-order valence-corrected chi connectivity index (χ4v) is 3.78. The lowest BCUT2D eigenvalue weighted by molar-refractivity contribution is -0.135. The van der Waals surface area contributed by atoms with Crippen molar-refractivity contribution in [3.05, 3.63) is 7.05 Å². The second kappa shape index (κ2) is 9.42. The number of nitrogens with one attached hydrogen (secondary N) is 1. The maximum Gasteiger partial charge on any atom is 0.410 e. The third kappa shape index (κ3) is 6.70. The number of ether oxygens (including phenoxy) is 1. The number of rotatable bonds is 4.